The van der Waals surface area contributed by atoms with Crippen LogP contribution in [-0.2, 0) is 23.7 Å². The average Bonchev–Trinajstić information content (AvgIpc) is 2.89. The Morgan fingerprint density at radius 2 is 1.66 bits per heavy atom. The first kappa shape index (κ1) is 36.3. The molecular weight excluding hydrogens is 528 g/mol. The monoisotopic (exact) mass is 588 g/mol. The van der Waals surface area contributed by atoms with Crippen molar-refractivity contribution in [1.29, 1.82) is 0 Å². The highest BCUT2D eigenvalue weighted by Gasteiger charge is 2.49. The highest BCUT2D eigenvalue weighted by molar-refractivity contribution is 5.73. The van der Waals surface area contributed by atoms with Gasteiger partial charge in [0.05, 0.1) is 35.4 Å². The average molecular weight is 589 g/mol. The van der Waals surface area contributed by atoms with Crippen molar-refractivity contribution in [3.8, 4) is 0 Å². The van der Waals surface area contributed by atoms with Gasteiger partial charge in [0.15, 0.2) is 6.29 Å². The summed E-state index contributed by atoms with van der Waals surface area (Å²) >= 11 is 0. The number of esters is 1. The van der Waals surface area contributed by atoms with Crippen molar-refractivity contribution in [3.05, 3.63) is 0 Å². The zero-order valence-corrected chi connectivity index (χ0v) is 27.6. The Morgan fingerprint density at radius 1 is 1.07 bits per heavy atom. The van der Waals surface area contributed by atoms with Crippen molar-refractivity contribution in [2.75, 3.05) is 20.7 Å². The molecule has 10 heteroatoms. The minimum absolute atomic E-state index is 0.0810. The zero-order valence-electron chi connectivity index (χ0n) is 27.6. The molecule has 2 rings (SSSR count). The van der Waals surface area contributed by atoms with E-state index in [0.717, 1.165) is 0 Å². The van der Waals surface area contributed by atoms with Crippen molar-refractivity contribution >= 4 is 5.97 Å². The fourth-order valence-corrected chi connectivity index (χ4v) is 6.89. The predicted molar refractivity (Wildman–Crippen MR) is 158 cm³/mol. The summed E-state index contributed by atoms with van der Waals surface area (Å²) in [5, 5.41) is 34.5. The predicted octanol–water partition coefficient (Wildman–Crippen LogP) is 2.69. The minimum Gasteiger partial charge on any atom is -0.459 e. The maximum atomic E-state index is 13.7. The number of nitrogens with two attached hydrogens (primary N) is 1. The van der Waals surface area contributed by atoms with Gasteiger partial charge in [-0.05, 0) is 79.2 Å². The van der Waals surface area contributed by atoms with Gasteiger partial charge in [-0.25, -0.2) is 0 Å². The van der Waals surface area contributed by atoms with E-state index < -0.39 is 59.3 Å². The van der Waals surface area contributed by atoms with Crippen molar-refractivity contribution in [3.63, 3.8) is 0 Å². The summed E-state index contributed by atoms with van der Waals surface area (Å²) in [5.41, 5.74) is 2.94. The van der Waals surface area contributed by atoms with Crippen LogP contribution in [0, 0.1) is 23.7 Å². The van der Waals surface area contributed by atoms with Crippen LogP contribution < -0.4 is 5.73 Å². The van der Waals surface area contributed by atoms with Crippen LogP contribution in [0.1, 0.15) is 88.5 Å². The van der Waals surface area contributed by atoms with Gasteiger partial charge in [0, 0.05) is 26.1 Å². The molecule has 0 aromatic carbocycles. The number of rotatable bonds is 4. The number of likely N-dealkylation sites (N-methyl/N-ethyl adjacent to an activating group) is 1. The van der Waals surface area contributed by atoms with Crippen molar-refractivity contribution in [2.45, 2.75) is 148 Å². The van der Waals surface area contributed by atoms with Gasteiger partial charge in [-0.1, -0.05) is 27.7 Å². The summed E-state index contributed by atoms with van der Waals surface area (Å²) in [6, 6.07) is -0.784. The molecule has 242 valence electrons. The van der Waals surface area contributed by atoms with E-state index in [1.165, 1.54) is 6.92 Å². The van der Waals surface area contributed by atoms with Gasteiger partial charge in [-0.3, -0.25) is 4.79 Å². The molecule has 5 N–H and O–H groups in total. The van der Waals surface area contributed by atoms with E-state index in [4.69, 9.17) is 24.7 Å². The quantitative estimate of drug-likeness (QED) is 0.362. The molecule has 41 heavy (non-hydrogen) atoms. The molecule has 0 aromatic heterocycles. The fourth-order valence-electron chi connectivity index (χ4n) is 6.89. The molecule has 0 bridgehead atoms. The second-order valence-corrected chi connectivity index (χ2v) is 13.9. The summed E-state index contributed by atoms with van der Waals surface area (Å²) in [5.74, 6) is -1.78. The molecule has 0 radical (unpaired) electrons. The zero-order chi connectivity index (χ0) is 31.7. The third kappa shape index (κ3) is 8.01. The van der Waals surface area contributed by atoms with E-state index in [1.807, 2.05) is 60.4 Å². The van der Waals surface area contributed by atoms with Gasteiger partial charge >= 0.3 is 5.97 Å². The first-order valence-electron chi connectivity index (χ1n) is 15.4. The molecule has 0 unspecified atom stereocenters. The van der Waals surface area contributed by atoms with Crippen LogP contribution in [0.3, 0.4) is 0 Å². The number of ether oxygens (including phenoxy) is 4. The van der Waals surface area contributed by atoms with E-state index in [9.17, 15) is 20.1 Å². The Balaban J connectivity index is 2.53. The molecule has 10 nitrogen and oxygen atoms in total. The van der Waals surface area contributed by atoms with E-state index in [-0.39, 0.29) is 29.9 Å². The number of carbonyl (C=O) groups is 1. The fraction of sp³-hybridized carbons (Fsp3) is 0.968. The number of hydrogen-bond donors (Lipinski definition) is 4. The Labute approximate surface area is 248 Å². The second-order valence-electron chi connectivity index (χ2n) is 13.9. The minimum atomic E-state index is -1.69. The van der Waals surface area contributed by atoms with Crippen molar-refractivity contribution < 1.29 is 39.1 Å². The highest BCUT2D eigenvalue weighted by Crippen LogP contribution is 2.39. The van der Waals surface area contributed by atoms with Gasteiger partial charge in [-0.2, -0.15) is 0 Å². The summed E-state index contributed by atoms with van der Waals surface area (Å²) in [7, 11) is 3.51. The molecule has 0 spiro atoms. The number of hydrogen-bond acceptors (Lipinski definition) is 10. The van der Waals surface area contributed by atoms with Gasteiger partial charge in [-0.15, -0.1) is 0 Å². The molecule has 2 aliphatic heterocycles. The number of nitrogens with zero attached hydrogens (tertiary/aromatic N) is 1. The number of cyclic esters (lactones) is 1. The smallest absolute Gasteiger partial charge is 0.311 e. The Hall–Kier alpha value is -0.850. The Morgan fingerprint density at radius 3 is 2.20 bits per heavy atom. The number of aliphatic hydroxyl groups excluding tert-OH is 1. The van der Waals surface area contributed by atoms with Crippen LogP contribution >= 0.6 is 0 Å². The number of carbonyl (C=O) groups excluding carboxylic acids is 1. The van der Waals surface area contributed by atoms with Crippen LogP contribution in [0.2, 0.25) is 0 Å². The largest absolute Gasteiger partial charge is 0.459 e. The lowest BCUT2D eigenvalue weighted by atomic mass is 9.72. The van der Waals surface area contributed by atoms with E-state index in [0.29, 0.717) is 25.8 Å². The van der Waals surface area contributed by atoms with Crippen LogP contribution in [0.4, 0.5) is 0 Å². The molecule has 2 heterocycles. The normalized spacial score (nSPS) is 50.0. The van der Waals surface area contributed by atoms with Crippen LogP contribution in [-0.4, -0.2) is 106 Å². The number of methoxy groups -OCH3 is 1. The lowest BCUT2D eigenvalue weighted by Gasteiger charge is -2.47. The molecule has 2 aliphatic rings. The lowest BCUT2D eigenvalue weighted by molar-refractivity contribution is -0.273. The third-order valence-corrected chi connectivity index (χ3v) is 10.5. The maximum Gasteiger partial charge on any atom is 0.311 e. The van der Waals surface area contributed by atoms with Gasteiger partial charge < -0.3 is 44.9 Å². The summed E-state index contributed by atoms with van der Waals surface area (Å²) < 4.78 is 24.5. The SMILES string of the molecule is CC[C@H]1OC(=O)[C@H](C)[C@@H](O[C@H]2C[C@@](C)(OC)[C@@H](N)[C@H](C)O2)[C@H](C)[C@@H](C)[C@](C)(O)C[C@@H](C)CN(C)[C@H](C)[C@@H](O)[C@]1(C)O. The molecule has 0 saturated carbocycles. The molecule has 0 aliphatic carbocycles. The van der Waals surface area contributed by atoms with E-state index in [1.54, 1.807) is 14.0 Å². The standard InChI is InChI=1S/C31H60N2O8/c1-13-23-31(10,37)27(34)21(6)33(11)16-17(2)14-29(8,36)20(5)18(3)25(19(4)28(35)40-23)41-24-15-30(9,38-12)26(32)22(7)39-24/h17-27,34,36-37H,13-16,32H2,1-12H3/t17-,18-,19-,20-,21-,22+,23-,24+,25+,26+,27-,29-,30-,31-/m1/s1. The molecule has 2 fully saturated rings. The van der Waals surface area contributed by atoms with Crippen LogP contribution in [0.5, 0.6) is 0 Å². The van der Waals surface area contributed by atoms with Crippen molar-refractivity contribution in [2.24, 2.45) is 29.4 Å². The highest BCUT2D eigenvalue weighted by atomic mass is 16.7. The van der Waals surface area contributed by atoms with Crippen molar-refractivity contribution in [1.82, 2.24) is 4.90 Å². The van der Waals surface area contributed by atoms with Gasteiger partial charge in [0.25, 0.3) is 0 Å². The molecular formula is C31H60N2O8. The van der Waals surface area contributed by atoms with E-state index in [2.05, 4.69) is 6.92 Å². The van der Waals surface area contributed by atoms with Crippen LogP contribution in [0.25, 0.3) is 0 Å². The maximum absolute atomic E-state index is 13.7. The first-order chi connectivity index (χ1) is 18.7. The first-order valence-corrected chi connectivity index (χ1v) is 15.4. The van der Waals surface area contributed by atoms with Gasteiger partial charge in [0.2, 0.25) is 0 Å². The third-order valence-electron chi connectivity index (χ3n) is 10.5. The molecule has 0 aromatic rings. The second kappa shape index (κ2) is 13.8. The molecule has 0 amide bonds. The molecule has 2 saturated heterocycles. The Kier molecular flexibility index (Phi) is 12.3. The van der Waals surface area contributed by atoms with Crippen LogP contribution in [0.15, 0.2) is 0 Å². The summed E-state index contributed by atoms with van der Waals surface area (Å²) in [6.07, 6.45) is -2.68. The Bertz CT molecular complexity index is 856. The summed E-state index contributed by atoms with van der Waals surface area (Å²) in [6.45, 7) is 19.2. The molecule has 14 atom stereocenters. The topological polar surface area (TPSA) is 144 Å². The number of aliphatic hydroxyl groups is 3. The lowest BCUT2D eigenvalue weighted by Crippen LogP contribution is -2.61. The summed E-state index contributed by atoms with van der Waals surface area (Å²) in [4.78, 5) is 15.7. The van der Waals surface area contributed by atoms with E-state index >= 15 is 0 Å². The van der Waals surface area contributed by atoms with Gasteiger partial charge in [0.1, 0.15) is 17.8 Å².